The number of carbonyl (C=O) groups excluding carboxylic acids is 1. The summed E-state index contributed by atoms with van der Waals surface area (Å²) in [5, 5.41) is 9.38. The second-order valence-electron chi connectivity index (χ2n) is 4.38. The highest BCUT2D eigenvalue weighted by atomic mass is 35.5. The fraction of sp³-hybridized carbons (Fsp3) is 0.385. The molecule has 0 unspecified atom stereocenters. The monoisotopic (exact) mass is 269 g/mol. The summed E-state index contributed by atoms with van der Waals surface area (Å²) in [6.45, 7) is 5.04. The van der Waals surface area contributed by atoms with Crippen LogP contribution < -0.4 is 0 Å². The van der Waals surface area contributed by atoms with Crippen molar-refractivity contribution in [3.05, 3.63) is 34.3 Å². The van der Waals surface area contributed by atoms with Gasteiger partial charge in [-0.1, -0.05) is 11.6 Å². The van der Waals surface area contributed by atoms with Gasteiger partial charge < -0.3 is 10.0 Å². The first-order valence-corrected chi connectivity index (χ1v) is 5.99. The molecule has 1 N–H and O–H groups in total. The van der Waals surface area contributed by atoms with Crippen molar-refractivity contribution in [2.24, 2.45) is 0 Å². The summed E-state index contributed by atoms with van der Waals surface area (Å²) >= 11 is 5.83. The Hall–Kier alpha value is -1.55. The van der Waals surface area contributed by atoms with Gasteiger partial charge in [-0.2, -0.15) is 0 Å². The highest BCUT2D eigenvalue weighted by molar-refractivity contribution is 6.30. The van der Waals surface area contributed by atoms with Crippen LogP contribution in [-0.4, -0.2) is 34.5 Å². The van der Waals surface area contributed by atoms with Crippen molar-refractivity contribution >= 4 is 23.5 Å². The van der Waals surface area contributed by atoms with Crippen LogP contribution >= 0.6 is 11.6 Å². The van der Waals surface area contributed by atoms with Gasteiger partial charge in [0, 0.05) is 16.6 Å². The SMILES string of the molecule is Cc1cc(Cl)ccc1C(=O)N(CC(=O)O)C(C)C. The largest absolute Gasteiger partial charge is 0.480 e. The number of amides is 1. The van der Waals surface area contributed by atoms with Gasteiger partial charge >= 0.3 is 5.97 Å². The first-order valence-electron chi connectivity index (χ1n) is 5.62. The standard InChI is InChI=1S/C13H16ClNO3/c1-8(2)15(7-12(16)17)13(18)11-5-4-10(14)6-9(11)3/h4-6,8H,7H2,1-3H3,(H,16,17). The van der Waals surface area contributed by atoms with E-state index >= 15 is 0 Å². The van der Waals surface area contributed by atoms with E-state index in [1.165, 1.54) is 4.90 Å². The first-order chi connectivity index (χ1) is 8.32. The molecule has 0 fully saturated rings. The van der Waals surface area contributed by atoms with Crippen molar-refractivity contribution < 1.29 is 14.7 Å². The van der Waals surface area contributed by atoms with Crippen LogP contribution in [0.25, 0.3) is 0 Å². The van der Waals surface area contributed by atoms with Crippen LogP contribution in [-0.2, 0) is 4.79 Å². The van der Waals surface area contributed by atoms with Crippen LogP contribution in [0.15, 0.2) is 18.2 Å². The van der Waals surface area contributed by atoms with E-state index in [-0.39, 0.29) is 18.5 Å². The summed E-state index contributed by atoms with van der Waals surface area (Å²) in [6.07, 6.45) is 0. The molecule has 0 heterocycles. The minimum atomic E-state index is -1.02. The predicted molar refractivity (Wildman–Crippen MR) is 70.0 cm³/mol. The van der Waals surface area contributed by atoms with Crippen molar-refractivity contribution in [1.82, 2.24) is 4.90 Å². The lowest BCUT2D eigenvalue weighted by Crippen LogP contribution is -2.40. The molecule has 0 aliphatic carbocycles. The minimum Gasteiger partial charge on any atom is -0.480 e. The van der Waals surface area contributed by atoms with E-state index in [9.17, 15) is 9.59 Å². The zero-order chi connectivity index (χ0) is 13.9. The Labute approximate surface area is 111 Å². The molecular weight excluding hydrogens is 254 g/mol. The lowest BCUT2D eigenvalue weighted by atomic mass is 10.1. The Kier molecular flexibility index (Phi) is 4.73. The molecule has 0 aliphatic heterocycles. The van der Waals surface area contributed by atoms with Crippen molar-refractivity contribution in [3.63, 3.8) is 0 Å². The summed E-state index contributed by atoms with van der Waals surface area (Å²) in [4.78, 5) is 24.4. The molecule has 4 nitrogen and oxygen atoms in total. The Bertz CT molecular complexity index is 471. The number of halogens is 1. The molecule has 0 spiro atoms. The van der Waals surface area contributed by atoms with Crippen LogP contribution in [0.1, 0.15) is 29.8 Å². The molecule has 0 atom stereocenters. The Morgan fingerprint density at radius 3 is 2.44 bits per heavy atom. The van der Waals surface area contributed by atoms with Gasteiger partial charge in [0.1, 0.15) is 6.54 Å². The number of hydrogen-bond donors (Lipinski definition) is 1. The van der Waals surface area contributed by atoms with E-state index in [1.807, 2.05) is 0 Å². The van der Waals surface area contributed by atoms with E-state index in [1.54, 1.807) is 39.0 Å². The number of aryl methyl sites for hydroxylation is 1. The third-order valence-corrected chi connectivity index (χ3v) is 2.84. The molecule has 0 saturated heterocycles. The van der Waals surface area contributed by atoms with E-state index in [0.29, 0.717) is 10.6 Å². The molecule has 0 aromatic heterocycles. The third kappa shape index (κ3) is 3.47. The van der Waals surface area contributed by atoms with Crippen LogP contribution in [0, 0.1) is 6.92 Å². The highest BCUT2D eigenvalue weighted by Gasteiger charge is 2.22. The number of carboxylic acids is 1. The molecule has 0 bridgehead atoms. The molecule has 0 aliphatic rings. The molecular formula is C13H16ClNO3. The van der Waals surface area contributed by atoms with E-state index in [0.717, 1.165) is 5.56 Å². The summed E-state index contributed by atoms with van der Waals surface area (Å²) in [5.41, 5.74) is 1.22. The Morgan fingerprint density at radius 2 is 2.00 bits per heavy atom. The quantitative estimate of drug-likeness (QED) is 0.914. The Balaban J connectivity index is 3.05. The van der Waals surface area contributed by atoms with Crippen LogP contribution in [0.5, 0.6) is 0 Å². The van der Waals surface area contributed by atoms with Gasteiger partial charge in [-0.25, -0.2) is 0 Å². The molecule has 1 aromatic rings. The summed E-state index contributed by atoms with van der Waals surface area (Å²) in [5.74, 6) is -1.31. The molecule has 1 aromatic carbocycles. The molecule has 0 saturated carbocycles. The molecule has 18 heavy (non-hydrogen) atoms. The van der Waals surface area contributed by atoms with Gasteiger partial charge in [-0.05, 0) is 44.5 Å². The van der Waals surface area contributed by atoms with E-state index in [2.05, 4.69) is 0 Å². The minimum absolute atomic E-state index is 0.177. The molecule has 98 valence electrons. The lowest BCUT2D eigenvalue weighted by Gasteiger charge is -2.25. The number of nitrogens with zero attached hydrogens (tertiary/aromatic N) is 1. The highest BCUT2D eigenvalue weighted by Crippen LogP contribution is 2.17. The van der Waals surface area contributed by atoms with E-state index in [4.69, 9.17) is 16.7 Å². The number of aliphatic carboxylic acids is 1. The maximum Gasteiger partial charge on any atom is 0.323 e. The smallest absolute Gasteiger partial charge is 0.323 e. The number of carbonyl (C=O) groups is 2. The lowest BCUT2D eigenvalue weighted by molar-refractivity contribution is -0.138. The summed E-state index contributed by atoms with van der Waals surface area (Å²) in [7, 11) is 0. The van der Waals surface area contributed by atoms with Gasteiger partial charge in [-0.3, -0.25) is 9.59 Å². The predicted octanol–water partition coefficient (Wildman–Crippen LogP) is 2.58. The zero-order valence-electron chi connectivity index (χ0n) is 10.6. The van der Waals surface area contributed by atoms with Crippen LogP contribution in [0.4, 0.5) is 0 Å². The Morgan fingerprint density at radius 1 is 1.39 bits per heavy atom. The van der Waals surface area contributed by atoms with Gasteiger partial charge in [-0.15, -0.1) is 0 Å². The average molecular weight is 270 g/mol. The van der Waals surface area contributed by atoms with Gasteiger partial charge in [0.05, 0.1) is 0 Å². The van der Waals surface area contributed by atoms with Gasteiger partial charge in [0.25, 0.3) is 5.91 Å². The molecule has 0 radical (unpaired) electrons. The zero-order valence-corrected chi connectivity index (χ0v) is 11.4. The number of carboxylic acid groups (broad SMARTS) is 1. The number of benzene rings is 1. The second-order valence-corrected chi connectivity index (χ2v) is 4.82. The normalized spacial score (nSPS) is 10.5. The fourth-order valence-electron chi connectivity index (χ4n) is 1.66. The van der Waals surface area contributed by atoms with Crippen molar-refractivity contribution in [2.75, 3.05) is 6.54 Å². The van der Waals surface area contributed by atoms with Crippen molar-refractivity contribution in [1.29, 1.82) is 0 Å². The maximum atomic E-state index is 12.3. The molecule has 1 rings (SSSR count). The summed E-state index contributed by atoms with van der Waals surface area (Å²) < 4.78 is 0. The topological polar surface area (TPSA) is 57.6 Å². The van der Waals surface area contributed by atoms with E-state index < -0.39 is 5.97 Å². The second kappa shape index (κ2) is 5.87. The first kappa shape index (κ1) is 14.5. The number of hydrogen-bond acceptors (Lipinski definition) is 2. The van der Waals surface area contributed by atoms with Crippen LogP contribution in [0.2, 0.25) is 5.02 Å². The molecule has 1 amide bonds. The van der Waals surface area contributed by atoms with Gasteiger partial charge in [0.15, 0.2) is 0 Å². The average Bonchev–Trinajstić information content (AvgIpc) is 2.24. The molecule has 5 heteroatoms. The van der Waals surface area contributed by atoms with Crippen molar-refractivity contribution in [2.45, 2.75) is 26.8 Å². The maximum absolute atomic E-state index is 12.3. The summed E-state index contributed by atoms with van der Waals surface area (Å²) in [6, 6.07) is 4.76. The number of rotatable bonds is 4. The third-order valence-electron chi connectivity index (χ3n) is 2.61. The fourth-order valence-corrected chi connectivity index (χ4v) is 1.88. The van der Waals surface area contributed by atoms with Gasteiger partial charge in [0.2, 0.25) is 0 Å². The van der Waals surface area contributed by atoms with Crippen molar-refractivity contribution in [3.8, 4) is 0 Å². The van der Waals surface area contributed by atoms with Crippen LogP contribution in [0.3, 0.4) is 0 Å².